The van der Waals surface area contributed by atoms with Crippen LogP contribution < -0.4 is 5.73 Å². The van der Waals surface area contributed by atoms with E-state index in [0.29, 0.717) is 19.5 Å². The van der Waals surface area contributed by atoms with Crippen molar-refractivity contribution in [2.45, 2.75) is 51.2 Å². The first kappa shape index (κ1) is 15.1. The SMILES string of the molecule is COC(=O)C1(N)CC12CCCN(C(=O)OC(C)(C)C)C2. The molecule has 2 unspecified atom stereocenters. The second kappa shape index (κ2) is 4.62. The summed E-state index contributed by atoms with van der Waals surface area (Å²) in [6.45, 7) is 6.62. The van der Waals surface area contributed by atoms with Gasteiger partial charge in [-0.25, -0.2) is 4.79 Å². The Bertz CT molecular complexity index is 431. The molecule has 1 aliphatic carbocycles. The fourth-order valence-electron chi connectivity index (χ4n) is 3.08. The van der Waals surface area contributed by atoms with Crippen molar-refractivity contribution in [1.82, 2.24) is 4.90 Å². The zero-order valence-corrected chi connectivity index (χ0v) is 12.7. The number of carbonyl (C=O) groups is 2. The number of esters is 1. The number of ether oxygens (including phenoxy) is 2. The third-order valence-electron chi connectivity index (χ3n) is 4.22. The summed E-state index contributed by atoms with van der Waals surface area (Å²) in [6, 6.07) is 0. The summed E-state index contributed by atoms with van der Waals surface area (Å²) in [6.07, 6.45) is 1.91. The molecule has 6 heteroatoms. The molecule has 1 saturated carbocycles. The Morgan fingerprint density at radius 2 is 1.95 bits per heavy atom. The van der Waals surface area contributed by atoms with E-state index >= 15 is 0 Å². The van der Waals surface area contributed by atoms with Gasteiger partial charge < -0.3 is 20.1 Å². The molecule has 1 amide bonds. The number of carbonyl (C=O) groups excluding carboxylic acids is 2. The van der Waals surface area contributed by atoms with E-state index in [1.54, 1.807) is 4.90 Å². The minimum Gasteiger partial charge on any atom is -0.468 e. The van der Waals surface area contributed by atoms with Crippen LogP contribution >= 0.6 is 0 Å². The zero-order chi connectivity index (χ0) is 15.2. The number of piperidine rings is 1. The summed E-state index contributed by atoms with van der Waals surface area (Å²) in [5, 5.41) is 0. The maximum absolute atomic E-state index is 12.1. The first-order chi connectivity index (χ1) is 9.13. The number of hydrogen-bond donors (Lipinski definition) is 1. The molecule has 1 heterocycles. The minimum atomic E-state index is -0.942. The molecule has 2 rings (SSSR count). The van der Waals surface area contributed by atoms with Gasteiger partial charge in [-0.05, 0) is 40.0 Å². The van der Waals surface area contributed by atoms with Crippen molar-refractivity contribution in [3.05, 3.63) is 0 Å². The van der Waals surface area contributed by atoms with E-state index in [0.717, 1.165) is 12.8 Å². The van der Waals surface area contributed by atoms with Crippen LogP contribution in [0.1, 0.15) is 40.0 Å². The molecule has 2 atom stereocenters. The summed E-state index contributed by atoms with van der Waals surface area (Å²) < 4.78 is 10.2. The van der Waals surface area contributed by atoms with Crippen LogP contribution in [0.4, 0.5) is 4.79 Å². The van der Waals surface area contributed by atoms with Gasteiger partial charge in [0, 0.05) is 18.5 Å². The van der Waals surface area contributed by atoms with Gasteiger partial charge in [0.2, 0.25) is 0 Å². The molecule has 0 aromatic heterocycles. The zero-order valence-electron chi connectivity index (χ0n) is 12.7. The van der Waals surface area contributed by atoms with Gasteiger partial charge in [0.15, 0.2) is 0 Å². The van der Waals surface area contributed by atoms with Crippen LogP contribution in [-0.4, -0.2) is 48.3 Å². The van der Waals surface area contributed by atoms with Crippen LogP contribution in [0.3, 0.4) is 0 Å². The summed E-state index contributed by atoms with van der Waals surface area (Å²) in [5.74, 6) is -0.386. The maximum atomic E-state index is 12.1. The lowest BCUT2D eigenvalue weighted by Gasteiger charge is -2.35. The van der Waals surface area contributed by atoms with Crippen LogP contribution in [0.25, 0.3) is 0 Å². The summed E-state index contributed by atoms with van der Waals surface area (Å²) in [5.41, 5.74) is 4.35. The summed E-state index contributed by atoms with van der Waals surface area (Å²) in [4.78, 5) is 25.6. The van der Waals surface area contributed by atoms with Crippen LogP contribution in [0.2, 0.25) is 0 Å². The molecule has 0 aromatic rings. The van der Waals surface area contributed by atoms with Crippen molar-refractivity contribution in [2.24, 2.45) is 11.1 Å². The maximum Gasteiger partial charge on any atom is 0.410 e. The van der Waals surface area contributed by atoms with E-state index in [9.17, 15) is 9.59 Å². The smallest absolute Gasteiger partial charge is 0.410 e. The van der Waals surface area contributed by atoms with Crippen LogP contribution in [0.15, 0.2) is 0 Å². The Balaban J connectivity index is 2.04. The standard InChI is InChI=1S/C14H24N2O4/c1-12(2,3)20-11(18)16-7-5-6-13(9-16)8-14(13,15)10(17)19-4/h5-9,15H2,1-4H3. The van der Waals surface area contributed by atoms with Gasteiger partial charge in [-0.1, -0.05) is 0 Å². The van der Waals surface area contributed by atoms with Gasteiger partial charge in [0.05, 0.1) is 7.11 Å². The predicted octanol–water partition coefficient (Wildman–Crippen LogP) is 1.28. The Kier molecular flexibility index (Phi) is 3.48. The molecule has 0 radical (unpaired) electrons. The molecule has 2 N–H and O–H groups in total. The van der Waals surface area contributed by atoms with E-state index in [4.69, 9.17) is 15.2 Å². The minimum absolute atomic E-state index is 0.337. The third-order valence-corrected chi connectivity index (χ3v) is 4.22. The lowest BCUT2D eigenvalue weighted by Crippen LogP contribution is -2.50. The van der Waals surface area contributed by atoms with Gasteiger partial charge in [0.25, 0.3) is 0 Å². The van der Waals surface area contributed by atoms with Crippen molar-refractivity contribution in [2.75, 3.05) is 20.2 Å². The molecule has 1 saturated heterocycles. The molecule has 1 aliphatic heterocycles. The second-order valence-electron chi connectivity index (χ2n) is 6.93. The lowest BCUT2D eigenvalue weighted by molar-refractivity contribution is -0.144. The topological polar surface area (TPSA) is 81.9 Å². The molecule has 2 fully saturated rings. The number of rotatable bonds is 1. The van der Waals surface area contributed by atoms with Crippen LogP contribution in [-0.2, 0) is 14.3 Å². The first-order valence-corrected chi connectivity index (χ1v) is 6.99. The average Bonchev–Trinajstić information content (AvgIpc) is 2.91. The van der Waals surface area contributed by atoms with Gasteiger partial charge in [-0.15, -0.1) is 0 Å². The van der Waals surface area contributed by atoms with Gasteiger partial charge >= 0.3 is 12.1 Å². The highest BCUT2D eigenvalue weighted by atomic mass is 16.6. The third kappa shape index (κ3) is 2.49. The Morgan fingerprint density at radius 3 is 2.50 bits per heavy atom. The number of likely N-dealkylation sites (tertiary alicyclic amines) is 1. The fraction of sp³-hybridized carbons (Fsp3) is 0.857. The number of amides is 1. The van der Waals surface area contributed by atoms with Crippen molar-refractivity contribution in [3.8, 4) is 0 Å². The van der Waals surface area contributed by atoms with Gasteiger partial charge in [-0.2, -0.15) is 0 Å². The van der Waals surface area contributed by atoms with Crippen LogP contribution in [0, 0.1) is 5.41 Å². The van der Waals surface area contributed by atoms with E-state index in [1.165, 1.54) is 7.11 Å². The number of methoxy groups -OCH3 is 1. The highest BCUT2D eigenvalue weighted by Gasteiger charge is 2.71. The van der Waals surface area contributed by atoms with Gasteiger partial charge in [0.1, 0.15) is 11.1 Å². The number of nitrogens with zero attached hydrogens (tertiary/aromatic N) is 1. The fourth-order valence-corrected chi connectivity index (χ4v) is 3.08. The quantitative estimate of drug-likeness (QED) is 0.733. The van der Waals surface area contributed by atoms with E-state index in [1.807, 2.05) is 20.8 Å². The van der Waals surface area contributed by atoms with Crippen LogP contribution in [0.5, 0.6) is 0 Å². The Morgan fingerprint density at radius 1 is 1.30 bits per heavy atom. The lowest BCUT2D eigenvalue weighted by atomic mass is 9.90. The monoisotopic (exact) mass is 284 g/mol. The number of nitrogens with two attached hydrogens (primary N) is 1. The molecule has 1 spiro atoms. The Hall–Kier alpha value is -1.30. The van der Waals surface area contributed by atoms with Crippen molar-refractivity contribution < 1.29 is 19.1 Å². The van der Waals surface area contributed by atoms with E-state index in [-0.39, 0.29) is 17.5 Å². The molecule has 2 aliphatic rings. The number of hydrogen-bond acceptors (Lipinski definition) is 5. The largest absolute Gasteiger partial charge is 0.468 e. The highest BCUT2D eigenvalue weighted by molar-refractivity contribution is 5.86. The van der Waals surface area contributed by atoms with Gasteiger partial charge in [-0.3, -0.25) is 4.79 Å². The normalized spacial score (nSPS) is 33.0. The van der Waals surface area contributed by atoms with Crippen molar-refractivity contribution in [1.29, 1.82) is 0 Å². The van der Waals surface area contributed by atoms with Crippen molar-refractivity contribution in [3.63, 3.8) is 0 Å². The molecular weight excluding hydrogens is 260 g/mol. The molecule has 6 nitrogen and oxygen atoms in total. The van der Waals surface area contributed by atoms with E-state index in [2.05, 4.69) is 0 Å². The second-order valence-corrected chi connectivity index (χ2v) is 6.93. The Labute approximate surface area is 119 Å². The highest BCUT2D eigenvalue weighted by Crippen LogP contribution is 2.60. The molecule has 114 valence electrons. The molecule has 0 bridgehead atoms. The predicted molar refractivity (Wildman–Crippen MR) is 73.0 cm³/mol. The molecule has 0 aromatic carbocycles. The summed E-state index contributed by atoms with van der Waals surface area (Å²) in [7, 11) is 1.34. The summed E-state index contributed by atoms with van der Waals surface area (Å²) >= 11 is 0. The first-order valence-electron chi connectivity index (χ1n) is 6.99. The van der Waals surface area contributed by atoms with E-state index < -0.39 is 11.1 Å². The molecular formula is C14H24N2O4. The molecule has 20 heavy (non-hydrogen) atoms. The average molecular weight is 284 g/mol. The van der Waals surface area contributed by atoms with Crippen molar-refractivity contribution >= 4 is 12.1 Å².